The van der Waals surface area contributed by atoms with E-state index in [1.54, 1.807) is 0 Å². The first kappa shape index (κ1) is 11.6. The lowest BCUT2D eigenvalue weighted by Gasteiger charge is -2.21. The van der Waals surface area contributed by atoms with Gasteiger partial charge in [-0.1, -0.05) is 5.11 Å². The highest BCUT2D eigenvalue weighted by atomic mass is 16.7. The zero-order valence-electron chi connectivity index (χ0n) is 9.90. The van der Waals surface area contributed by atoms with E-state index < -0.39 is 10.7 Å². The maximum Gasteiger partial charge on any atom is 0.282 e. The SMILES string of the molecule is [N-]=[N+]=Nc1cc2c(cc1[N+](=O)[O-])OC1(CCCC1)O2. The lowest BCUT2D eigenvalue weighted by atomic mass is 10.2. The van der Waals surface area contributed by atoms with Crippen LogP contribution in [0, 0.1) is 10.1 Å². The molecule has 98 valence electrons. The van der Waals surface area contributed by atoms with Crippen LogP contribution in [0.3, 0.4) is 0 Å². The first-order chi connectivity index (χ1) is 9.13. The molecule has 0 saturated heterocycles. The van der Waals surface area contributed by atoms with Gasteiger partial charge < -0.3 is 9.47 Å². The third-order valence-corrected chi connectivity index (χ3v) is 3.35. The van der Waals surface area contributed by atoms with Crippen molar-refractivity contribution in [2.45, 2.75) is 31.5 Å². The molecule has 0 radical (unpaired) electrons. The minimum atomic E-state index is -0.689. The van der Waals surface area contributed by atoms with E-state index in [9.17, 15) is 10.1 Å². The normalized spacial score (nSPS) is 18.3. The Morgan fingerprint density at radius 3 is 2.53 bits per heavy atom. The fourth-order valence-corrected chi connectivity index (χ4v) is 2.51. The fourth-order valence-electron chi connectivity index (χ4n) is 2.51. The molecular formula is C11H10N4O4. The highest BCUT2D eigenvalue weighted by Crippen LogP contribution is 2.50. The standard InChI is InChI=1S/C11H10N4O4/c12-14-13-7-5-9-10(6-8(7)15(16)17)19-11(18-9)3-1-2-4-11/h5-6H,1-4H2. The van der Waals surface area contributed by atoms with E-state index in [1.165, 1.54) is 12.1 Å². The van der Waals surface area contributed by atoms with E-state index in [1.807, 2.05) is 0 Å². The van der Waals surface area contributed by atoms with E-state index in [0.29, 0.717) is 11.5 Å². The van der Waals surface area contributed by atoms with Gasteiger partial charge >= 0.3 is 0 Å². The average Bonchev–Trinajstić information content (AvgIpc) is 2.95. The molecule has 19 heavy (non-hydrogen) atoms. The topological polar surface area (TPSA) is 110 Å². The summed E-state index contributed by atoms with van der Waals surface area (Å²) in [6.45, 7) is 0. The highest BCUT2D eigenvalue weighted by Gasteiger charge is 2.45. The Bertz CT molecular complexity index is 570. The summed E-state index contributed by atoms with van der Waals surface area (Å²) in [7, 11) is 0. The van der Waals surface area contributed by atoms with E-state index in [4.69, 9.17) is 15.0 Å². The number of ether oxygens (including phenoxy) is 2. The number of hydrogen-bond donors (Lipinski definition) is 0. The number of benzene rings is 1. The van der Waals surface area contributed by atoms with E-state index >= 15 is 0 Å². The van der Waals surface area contributed by atoms with Crippen molar-refractivity contribution in [2.24, 2.45) is 5.11 Å². The lowest BCUT2D eigenvalue weighted by molar-refractivity contribution is -0.384. The molecule has 0 amide bonds. The van der Waals surface area contributed by atoms with Gasteiger partial charge in [-0.2, -0.15) is 0 Å². The molecule has 1 aliphatic carbocycles. The summed E-state index contributed by atoms with van der Waals surface area (Å²) in [5.74, 6) is 0.0472. The maximum absolute atomic E-state index is 10.9. The Labute approximate surface area is 107 Å². The van der Waals surface area contributed by atoms with Crippen molar-refractivity contribution >= 4 is 11.4 Å². The van der Waals surface area contributed by atoms with Gasteiger partial charge in [0, 0.05) is 23.8 Å². The van der Waals surface area contributed by atoms with Crippen molar-refractivity contribution in [3.05, 3.63) is 32.7 Å². The summed E-state index contributed by atoms with van der Waals surface area (Å²) in [6, 6.07) is 2.62. The van der Waals surface area contributed by atoms with E-state index in [0.717, 1.165) is 25.7 Å². The lowest BCUT2D eigenvalue weighted by Crippen LogP contribution is -2.34. The van der Waals surface area contributed by atoms with Gasteiger partial charge in [0.2, 0.25) is 0 Å². The number of nitro groups is 1. The number of hydrogen-bond acceptors (Lipinski definition) is 5. The Balaban J connectivity index is 2.05. The fraction of sp³-hybridized carbons (Fsp3) is 0.455. The van der Waals surface area contributed by atoms with Crippen LogP contribution in [0.5, 0.6) is 11.5 Å². The van der Waals surface area contributed by atoms with Gasteiger partial charge in [0.25, 0.3) is 11.5 Å². The summed E-state index contributed by atoms with van der Waals surface area (Å²) in [5, 5.41) is 14.3. The second-order valence-electron chi connectivity index (χ2n) is 4.56. The van der Waals surface area contributed by atoms with Crippen LogP contribution in [-0.4, -0.2) is 10.7 Å². The van der Waals surface area contributed by atoms with Crippen molar-refractivity contribution < 1.29 is 14.4 Å². The largest absolute Gasteiger partial charge is 0.448 e. The first-order valence-corrected chi connectivity index (χ1v) is 5.89. The summed E-state index contributed by atoms with van der Waals surface area (Å²) in [5.41, 5.74) is 8.10. The van der Waals surface area contributed by atoms with Crippen LogP contribution in [0.4, 0.5) is 11.4 Å². The number of fused-ring (bicyclic) bond motifs is 1. The molecule has 1 aliphatic heterocycles. The molecule has 2 aliphatic rings. The van der Waals surface area contributed by atoms with Gasteiger partial charge in [-0.3, -0.25) is 10.1 Å². The van der Waals surface area contributed by atoms with Crippen LogP contribution < -0.4 is 9.47 Å². The predicted octanol–water partition coefficient (Wildman–Crippen LogP) is 3.58. The third kappa shape index (κ3) is 1.82. The average molecular weight is 262 g/mol. The monoisotopic (exact) mass is 262 g/mol. The smallest absolute Gasteiger partial charge is 0.282 e. The van der Waals surface area contributed by atoms with Crippen molar-refractivity contribution in [1.82, 2.24) is 0 Å². The molecule has 0 bridgehead atoms. The quantitative estimate of drug-likeness (QED) is 0.266. The Kier molecular flexibility index (Phi) is 2.46. The minimum absolute atomic E-state index is 0.0649. The molecule has 0 unspecified atom stereocenters. The molecule has 0 N–H and O–H groups in total. The molecule has 3 rings (SSSR count). The molecule has 1 saturated carbocycles. The third-order valence-electron chi connectivity index (χ3n) is 3.35. The number of nitrogens with zero attached hydrogens (tertiary/aromatic N) is 4. The first-order valence-electron chi connectivity index (χ1n) is 5.89. The molecule has 1 spiro atoms. The van der Waals surface area contributed by atoms with Gasteiger partial charge in [-0.15, -0.1) is 0 Å². The van der Waals surface area contributed by atoms with Crippen LogP contribution in [0.2, 0.25) is 0 Å². The van der Waals surface area contributed by atoms with Gasteiger partial charge in [-0.25, -0.2) is 0 Å². The van der Waals surface area contributed by atoms with Crippen molar-refractivity contribution in [3.8, 4) is 11.5 Å². The van der Waals surface area contributed by atoms with Crippen LogP contribution in [0.1, 0.15) is 25.7 Å². The van der Waals surface area contributed by atoms with Crippen molar-refractivity contribution in [2.75, 3.05) is 0 Å². The van der Waals surface area contributed by atoms with Crippen LogP contribution in [0.25, 0.3) is 10.4 Å². The van der Waals surface area contributed by atoms with Crippen LogP contribution >= 0.6 is 0 Å². The van der Waals surface area contributed by atoms with Crippen LogP contribution in [-0.2, 0) is 0 Å². The Hall–Kier alpha value is -2.47. The maximum atomic E-state index is 10.9. The summed E-state index contributed by atoms with van der Waals surface area (Å²) >= 11 is 0. The van der Waals surface area contributed by atoms with Crippen molar-refractivity contribution in [3.63, 3.8) is 0 Å². The van der Waals surface area contributed by atoms with Gasteiger partial charge in [0.15, 0.2) is 11.5 Å². The molecule has 1 aromatic carbocycles. The number of azide groups is 1. The number of nitro benzene ring substituents is 1. The van der Waals surface area contributed by atoms with E-state index in [2.05, 4.69) is 10.0 Å². The molecular weight excluding hydrogens is 252 g/mol. The molecule has 0 aromatic heterocycles. The predicted molar refractivity (Wildman–Crippen MR) is 64.4 cm³/mol. The zero-order valence-corrected chi connectivity index (χ0v) is 9.90. The summed E-state index contributed by atoms with van der Waals surface area (Å²) < 4.78 is 11.5. The molecule has 0 atom stereocenters. The van der Waals surface area contributed by atoms with Gasteiger partial charge in [0.05, 0.1) is 11.0 Å². The van der Waals surface area contributed by atoms with Gasteiger partial charge in [0.1, 0.15) is 5.69 Å². The zero-order chi connectivity index (χ0) is 13.5. The Morgan fingerprint density at radius 2 is 1.95 bits per heavy atom. The Morgan fingerprint density at radius 1 is 1.32 bits per heavy atom. The second kappa shape index (κ2) is 4.03. The highest BCUT2D eigenvalue weighted by molar-refractivity contribution is 5.66. The van der Waals surface area contributed by atoms with E-state index in [-0.39, 0.29) is 11.4 Å². The number of rotatable bonds is 2. The molecule has 8 heteroatoms. The molecule has 8 nitrogen and oxygen atoms in total. The molecule has 1 aromatic rings. The summed E-state index contributed by atoms with van der Waals surface area (Å²) in [6.07, 6.45) is 3.51. The second-order valence-corrected chi connectivity index (χ2v) is 4.56. The molecule has 1 heterocycles. The van der Waals surface area contributed by atoms with Crippen LogP contribution in [0.15, 0.2) is 17.2 Å². The van der Waals surface area contributed by atoms with Crippen molar-refractivity contribution in [1.29, 1.82) is 0 Å². The minimum Gasteiger partial charge on any atom is -0.448 e. The summed E-state index contributed by atoms with van der Waals surface area (Å²) in [4.78, 5) is 12.9. The molecule has 1 fully saturated rings. The van der Waals surface area contributed by atoms with Gasteiger partial charge in [-0.05, 0) is 18.4 Å².